The number of ether oxygens (including phenoxy) is 2. The van der Waals surface area contributed by atoms with Gasteiger partial charge < -0.3 is 19.4 Å². The van der Waals surface area contributed by atoms with Crippen LogP contribution >= 0.6 is 0 Å². The third kappa shape index (κ3) is 5.53. The Balaban J connectivity index is 1.98. The smallest absolute Gasteiger partial charge is 0.246 e. The molecule has 0 spiro atoms. The summed E-state index contributed by atoms with van der Waals surface area (Å²) in [6.07, 6.45) is 3.92. The van der Waals surface area contributed by atoms with E-state index in [1.165, 1.54) is 0 Å². The SMILES string of the molecule is COCCOCC(=O)NCCn1cccc1. The molecule has 0 aliphatic rings. The van der Waals surface area contributed by atoms with E-state index in [1.807, 2.05) is 29.1 Å². The highest BCUT2D eigenvalue weighted by Gasteiger charge is 1.99. The van der Waals surface area contributed by atoms with Crippen LogP contribution in [0, 0.1) is 0 Å². The summed E-state index contributed by atoms with van der Waals surface area (Å²) >= 11 is 0. The molecule has 0 radical (unpaired) electrons. The fraction of sp³-hybridized carbons (Fsp3) is 0.545. The summed E-state index contributed by atoms with van der Waals surface area (Å²) in [5.41, 5.74) is 0. The van der Waals surface area contributed by atoms with Crippen molar-refractivity contribution in [2.24, 2.45) is 0 Å². The average Bonchev–Trinajstić information content (AvgIpc) is 2.77. The molecular weight excluding hydrogens is 208 g/mol. The topological polar surface area (TPSA) is 52.5 Å². The van der Waals surface area contributed by atoms with Gasteiger partial charge in [-0.25, -0.2) is 0 Å². The van der Waals surface area contributed by atoms with Gasteiger partial charge in [-0.15, -0.1) is 0 Å². The Kier molecular flexibility index (Phi) is 6.29. The first-order valence-corrected chi connectivity index (χ1v) is 5.27. The monoisotopic (exact) mass is 226 g/mol. The molecule has 0 aliphatic carbocycles. The summed E-state index contributed by atoms with van der Waals surface area (Å²) in [4.78, 5) is 11.2. The van der Waals surface area contributed by atoms with E-state index in [0.717, 1.165) is 6.54 Å². The lowest BCUT2D eigenvalue weighted by Gasteiger charge is -2.06. The van der Waals surface area contributed by atoms with Crippen molar-refractivity contribution in [3.8, 4) is 0 Å². The molecule has 0 saturated heterocycles. The number of methoxy groups -OCH3 is 1. The van der Waals surface area contributed by atoms with E-state index >= 15 is 0 Å². The molecule has 1 rings (SSSR count). The van der Waals surface area contributed by atoms with Crippen LogP contribution in [0.1, 0.15) is 0 Å². The zero-order valence-corrected chi connectivity index (χ0v) is 9.52. The number of amides is 1. The lowest BCUT2D eigenvalue weighted by Crippen LogP contribution is -2.30. The molecule has 1 N–H and O–H groups in total. The van der Waals surface area contributed by atoms with Crippen molar-refractivity contribution in [3.63, 3.8) is 0 Å². The van der Waals surface area contributed by atoms with Gasteiger partial charge in [-0.1, -0.05) is 0 Å². The minimum atomic E-state index is -0.0942. The van der Waals surface area contributed by atoms with E-state index in [-0.39, 0.29) is 12.5 Å². The second-order valence-electron chi connectivity index (χ2n) is 3.32. The number of rotatable bonds is 8. The fourth-order valence-corrected chi connectivity index (χ4v) is 1.20. The Hall–Kier alpha value is -1.33. The highest BCUT2D eigenvalue weighted by atomic mass is 16.5. The number of hydrogen-bond acceptors (Lipinski definition) is 3. The van der Waals surface area contributed by atoms with Gasteiger partial charge >= 0.3 is 0 Å². The van der Waals surface area contributed by atoms with Crippen molar-refractivity contribution < 1.29 is 14.3 Å². The molecule has 5 heteroatoms. The van der Waals surface area contributed by atoms with Crippen molar-refractivity contribution in [2.75, 3.05) is 33.5 Å². The van der Waals surface area contributed by atoms with Crippen LogP contribution in [-0.4, -0.2) is 43.9 Å². The second-order valence-corrected chi connectivity index (χ2v) is 3.32. The summed E-state index contributed by atoms with van der Waals surface area (Å²) < 4.78 is 11.9. The van der Waals surface area contributed by atoms with Gasteiger partial charge in [0, 0.05) is 32.6 Å². The molecule has 5 nitrogen and oxygen atoms in total. The fourth-order valence-electron chi connectivity index (χ4n) is 1.20. The maximum absolute atomic E-state index is 11.2. The van der Waals surface area contributed by atoms with Crippen molar-refractivity contribution >= 4 is 5.91 Å². The molecule has 0 fully saturated rings. The summed E-state index contributed by atoms with van der Waals surface area (Å²) in [6, 6.07) is 3.91. The largest absolute Gasteiger partial charge is 0.382 e. The molecule has 90 valence electrons. The van der Waals surface area contributed by atoms with E-state index in [1.54, 1.807) is 7.11 Å². The highest BCUT2D eigenvalue weighted by molar-refractivity contribution is 5.77. The van der Waals surface area contributed by atoms with Gasteiger partial charge in [0.25, 0.3) is 0 Å². The van der Waals surface area contributed by atoms with Crippen LogP contribution in [-0.2, 0) is 20.8 Å². The number of carbonyl (C=O) groups excluding carboxylic acids is 1. The van der Waals surface area contributed by atoms with Crippen molar-refractivity contribution in [2.45, 2.75) is 6.54 Å². The Morgan fingerprint density at radius 2 is 2.06 bits per heavy atom. The van der Waals surface area contributed by atoms with E-state index in [9.17, 15) is 4.79 Å². The zero-order valence-electron chi connectivity index (χ0n) is 9.52. The summed E-state index contributed by atoms with van der Waals surface area (Å²) in [6.45, 7) is 2.44. The molecule has 1 aromatic heterocycles. The predicted molar refractivity (Wildman–Crippen MR) is 60.1 cm³/mol. The predicted octanol–water partition coefficient (Wildman–Crippen LogP) is 0.267. The molecule has 0 unspecified atom stereocenters. The van der Waals surface area contributed by atoms with Gasteiger partial charge in [0.05, 0.1) is 13.2 Å². The van der Waals surface area contributed by atoms with Crippen LogP contribution in [0.3, 0.4) is 0 Å². The lowest BCUT2D eigenvalue weighted by molar-refractivity contribution is -0.126. The molecule has 1 aromatic rings. The summed E-state index contributed by atoms with van der Waals surface area (Å²) in [5.74, 6) is -0.0942. The molecule has 1 heterocycles. The molecule has 0 bridgehead atoms. The molecule has 0 saturated carbocycles. The van der Waals surface area contributed by atoms with Crippen LogP contribution in [0.4, 0.5) is 0 Å². The van der Waals surface area contributed by atoms with E-state index < -0.39 is 0 Å². The lowest BCUT2D eigenvalue weighted by atomic mass is 10.5. The van der Waals surface area contributed by atoms with Gasteiger partial charge in [0.15, 0.2) is 0 Å². The number of nitrogens with one attached hydrogen (secondary N) is 1. The van der Waals surface area contributed by atoms with Crippen LogP contribution in [0.2, 0.25) is 0 Å². The van der Waals surface area contributed by atoms with Gasteiger partial charge in [-0.3, -0.25) is 4.79 Å². The first kappa shape index (κ1) is 12.7. The first-order valence-electron chi connectivity index (χ1n) is 5.27. The number of carbonyl (C=O) groups is 1. The zero-order chi connectivity index (χ0) is 11.6. The van der Waals surface area contributed by atoms with Crippen LogP contribution < -0.4 is 5.32 Å². The normalized spacial score (nSPS) is 10.3. The van der Waals surface area contributed by atoms with E-state index in [4.69, 9.17) is 9.47 Å². The van der Waals surface area contributed by atoms with Crippen molar-refractivity contribution in [1.29, 1.82) is 0 Å². The van der Waals surface area contributed by atoms with Gasteiger partial charge in [-0.05, 0) is 12.1 Å². The number of nitrogens with zero attached hydrogens (tertiary/aromatic N) is 1. The maximum Gasteiger partial charge on any atom is 0.246 e. The first-order chi connectivity index (χ1) is 7.83. The second kappa shape index (κ2) is 7.90. The third-order valence-electron chi connectivity index (χ3n) is 2.02. The van der Waals surface area contributed by atoms with Crippen LogP contribution in [0.15, 0.2) is 24.5 Å². The minimum absolute atomic E-state index is 0.0923. The quantitative estimate of drug-likeness (QED) is 0.647. The van der Waals surface area contributed by atoms with Crippen molar-refractivity contribution in [1.82, 2.24) is 9.88 Å². The van der Waals surface area contributed by atoms with Gasteiger partial charge in [0.2, 0.25) is 5.91 Å². The Morgan fingerprint density at radius 3 is 2.75 bits per heavy atom. The molecule has 0 atom stereocenters. The minimum Gasteiger partial charge on any atom is -0.382 e. The molecule has 0 aliphatic heterocycles. The average molecular weight is 226 g/mol. The van der Waals surface area contributed by atoms with Crippen LogP contribution in [0.5, 0.6) is 0 Å². The highest BCUT2D eigenvalue weighted by Crippen LogP contribution is 1.88. The number of aromatic nitrogens is 1. The Bertz CT molecular complexity index is 285. The van der Waals surface area contributed by atoms with Gasteiger partial charge in [-0.2, -0.15) is 0 Å². The molecule has 16 heavy (non-hydrogen) atoms. The number of hydrogen-bond donors (Lipinski definition) is 1. The summed E-state index contributed by atoms with van der Waals surface area (Å²) in [7, 11) is 1.60. The van der Waals surface area contributed by atoms with Crippen molar-refractivity contribution in [3.05, 3.63) is 24.5 Å². The van der Waals surface area contributed by atoms with E-state index in [0.29, 0.717) is 19.8 Å². The molecular formula is C11H18N2O3. The Morgan fingerprint density at radius 1 is 1.31 bits per heavy atom. The standard InChI is InChI=1S/C11H18N2O3/c1-15-8-9-16-10-11(14)12-4-7-13-5-2-3-6-13/h2-3,5-6H,4,7-10H2,1H3,(H,12,14). The molecule has 0 aromatic carbocycles. The third-order valence-corrected chi connectivity index (χ3v) is 2.02. The van der Waals surface area contributed by atoms with Gasteiger partial charge in [0.1, 0.15) is 6.61 Å². The molecule has 1 amide bonds. The van der Waals surface area contributed by atoms with E-state index in [2.05, 4.69) is 5.32 Å². The Labute approximate surface area is 95.3 Å². The van der Waals surface area contributed by atoms with Crippen LogP contribution in [0.25, 0.3) is 0 Å². The maximum atomic E-state index is 11.2. The summed E-state index contributed by atoms with van der Waals surface area (Å²) in [5, 5.41) is 2.77.